The first-order valence-corrected chi connectivity index (χ1v) is 6.34. The van der Waals surface area contributed by atoms with Gasteiger partial charge in [-0.25, -0.2) is 0 Å². The number of aliphatic hydroxyl groups excluding tert-OH is 1. The second-order valence-electron chi connectivity index (χ2n) is 5.35. The van der Waals surface area contributed by atoms with Crippen LogP contribution in [-0.4, -0.2) is 74.5 Å². The van der Waals surface area contributed by atoms with Gasteiger partial charge >= 0.3 is 0 Å². The summed E-state index contributed by atoms with van der Waals surface area (Å²) in [5.41, 5.74) is 0.105. The van der Waals surface area contributed by atoms with Crippen molar-refractivity contribution in [3.05, 3.63) is 0 Å². The Labute approximate surface area is 98.2 Å². The van der Waals surface area contributed by atoms with Crippen molar-refractivity contribution < 1.29 is 9.84 Å². The van der Waals surface area contributed by atoms with Crippen molar-refractivity contribution in [3.8, 4) is 0 Å². The molecule has 4 nitrogen and oxygen atoms in total. The zero-order chi connectivity index (χ0) is 11.4. The van der Waals surface area contributed by atoms with Gasteiger partial charge in [0.05, 0.1) is 6.61 Å². The van der Waals surface area contributed by atoms with Crippen molar-refractivity contribution in [3.63, 3.8) is 0 Å². The number of likely N-dealkylation sites (N-methyl/N-ethyl adjacent to an activating group) is 1. The Balaban J connectivity index is 1.86. The van der Waals surface area contributed by atoms with Gasteiger partial charge in [-0.3, -0.25) is 0 Å². The Hall–Kier alpha value is -0.160. The molecule has 0 aromatic carbocycles. The van der Waals surface area contributed by atoms with Crippen molar-refractivity contribution in [1.29, 1.82) is 0 Å². The molecule has 0 aromatic heterocycles. The van der Waals surface area contributed by atoms with E-state index in [1.807, 2.05) is 0 Å². The fourth-order valence-corrected chi connectivity index (χ4v) is 2.65. The van der Waals surface area contributed by atoms with Crippen LogP contribution in [-0.2, 0) is 4.74 Å². The van der Waals surface area contributed by atoms with E-state index < -0.39 is 0 Å². The number of hydrogen-bond acceptors (Lipinski definition) is 4. The molecular weight excluding hydrogens is 204 g/mol. The predicted octanol–water partition coefficient (Wildman–Crippen LogP) is 0.0229. The molecule has 2 saturated heterocycles. The first kappa shape index (κ1) is 12.3. The third-order valence-corrected chi connectivity index (χ3v) is 4.04. The SMILES string of the molecule is CN1CCN(CC2(CO)CCOCC2)CC1. The van der Waals surface area contributed by atoms with Gasteiger partial charge < -0.3 is 19.6 Å². The molecule has 0 saturated carbocycles. The molecule has 2 fully saturated rings. The third-order valence-electron chi connectivity index (χ3n) is 4.04. The van der Waals surface area contributed by atoms with E-state index in [0.717, 1.165) is 58.8 Å². The molecule has 2 aliphatic rings. The molecular formula is C12H24N2O2. The van der Waals surface area contributed by atoms with Crippen LogP contribution in [0, 0.1) is 5.41 Å². The van der Waals surface area contributed by atoms with Crippen LogP contribution in [0.15, 0.2) is 0 Å². The number of aliphatic hydroxyl groups is 1. The largest absolute Gasteiger partial charge is 0.396 e. The summed E-state index contributed by atoms with van der Waals surface area (Å²) in [7, 11) is 2.17. The monoisotopic (exact) mass is 228 g/mol. The third kappa shape index (κ3) is 2.94. The summed E-state index contributed by atoms with van der Waals surface area (Å²) in [5, 5.41) is 9.63. The lowest BCUT2D eigenvalue weighted by atomic mass is 9.80. The van der Waals surface area contributed by atoms with Crippen molar-refractivity contribution in [1.82, 2.24) is 9.80 Å². The smallest absolute Gasteiger partial charge is 0.0501 e. The highest BCUT2D eigenvalue weighted by molar-refractivity contribution is 4.86. The number of hydrogen-bond donors (Lipinski definition) is 1. The van der Waals surface area contributed by atoms with Gasteiger partial charge in [-0.05, 0) is 19.9 Å². The number of rotatable bonds is 3. The van der Waals surface area contributed by atoms with E-state index in [1.165, 1.54) is 0 Å². The van der Waals surface area contributed by atoms with Crippen molar-refractivity contribution in [2.75, 3.05) is 59.6 Å². The molecule has 0 radical (unpaired) electrons. The summed E-state index contributed by atoms with van der Waals surface area (Å²) in [6.45, 7) is 7.56. The molecule has 2 heterocycles. The van der Waals surface area contributed by atoms with Gasteiger partial charge in [-0.2, -0.15) is 0 Å². The molecule has 2 aliphatic heterocycles. The zero-order valence-corrected chi connectivity index (χ0v) is 10.3. The second kappa shape index (κ2) is 5.45. The van der Waals surface area contributed by atoms with Crippen molar-refractivity contribution in [2.24, 2.45) is 5.41 Å². The normalized spacial score (nSPS) is 28.1. The lowest BCUT2D eigenvalue weighted by molar-refractivity contribution is -0.0394. The minimum atomic E-state index is 0.105. The first-order valence-electron chi connectivity index (χ1n) is 6.34. The Bertz CT molecular complexity index is 209. The van der Waals surface area contributed by atoms with Crippen LogP contribution < -0.4 is 0 Å². The van der Waals surface area contributed by atoms with E-state index >= 15 is 0 Å². The maximum Gasteiger partial charge on any atom is 0.0501 e. The second-order valence-corrected chi connectivity index (χ2v) is 5.35. The van der Waals surface area contributed by atoms with Crippen molar-refractivity contribution in [2.45, 2.75) is 12.8 Å². The number of nitrogens with zero attached hydrogens (tertiary/aromatic N) is 2. The van der Waals surface area contributed by atoms with E-state index in [1.54, 1.807) is 0 Å². The van der Waals surface area contributed by atoms with Gasteiger partial charge in [0.15, 0.2) is 0 Å². The van der Waals surface area contributed by atoms with Crippen LogP contribution in [0.5, 0.6) is 0 Å². The molecule has 0 unspecified atom stereocenters. The van der Waals surface area contributed by atoms with Crippen molar-refractivity contribution >= 4 is 0 Å². The molecule has 0 atom stereocenters. The quantitative estimate of drug-likeness (QED) is 0.739. The van der Waals surface area contributed by atoms with Crippen LogP contribution in [0.1, 0.15) is 12.8 Å². The Morgan fingerprint density at radius 1 is 1.12 bits per heavy atom. The van der Waals surface area contributed by atoms with E-state index in [2.05, 4.69) is 16.8 Å². The molecule has 1 N–H and O–H groups in total. The lowest BCUT2D eigenvalue weighted by Gasteiger charge is -2.42. The van der Waals surface area contributed by atoms with Gasteiger partial charge in [0.1, 0.15) is 0 Å². The Morgan fingerprint density at radius 3 is 2.31 bits per heavy atom. The van der Waals surface area contributed by atoms with Crippen LogP contribution in [0.3, 0.4) is 0 Å². The summed E-state index contributed by atoms with van der Waals surface area (Å²) < 4.78 is 5.39. The Morgan fingerprint density at radius 2 is 1.75 bits per heavy atom. The fraction of sp³-hybridized carbons (Fsp3) is 1.00. The lowest BCUT2D eigenvalue weighted by Crippen LogP contribution is -2.50. The van der Waals surface area contributed by atoms with Crippen LogP contribution in [0.2, 0.25) is 0 Å². The average molecular weight is 228 g/mol. The molecule has 16 heavy (non-hydrogen) atoms. The highest BCUT2D eigenvalue weighted by Crippen LogP contribution is 2.31. The van der Waals surface area contributed by atoms with Crippen LogP contribution >= 0.6 is 0 Å². The summed E-state index contributed by atoms with van der Waals surface area (Å²) in [6.07, 6.45) is 2.02. The van der Waals surface area contributed by atoms with Crippen LogP contribution in [0.25, 0.3) is 0 Å². The van der Waals surface area contributed by atoms with E-state index in [0.29, 0.717) is 6.61 Å². The Kier molecular flexibility index (Phi) is 4.19. The fourth-order valence-electron chi connectivity index (χ4n) is 2.65. The average Bonchev–Trinajstić information content (AvgIpc) is 2.33. The number of piperazine rings is 1. The molecule has 94 valence electrons. The van der Waals surface area contributed by atoms with E-state index in [-0.39, 0.29) is 5.41 Å². The number of ether oxygens (including phenoxy) is 1. The standard InChI is InChI=1S/C12H24N2O2/c1-13-4-6-14(7-5-13)10-12(11-15)2-8-16-9-3-12/h15H,2-11H2,1H3. The van der Waals surface area contributed by atoms with E-state index in [4.69, 9.17) is 4.74 Å². The summed E-state index contributed by atoms with van der Waals surface area (Å²) in [6, 6.07) is 0. The first-order chi connectivity index (χ1) is 7.74. The highest BCUT2D eigenvalue weighted by atomic mass is 16.5. The molecule has 2 rings (SSSR count). The summed E-state index contributed by atoms with van der Waals surface area (Å²) in [5.74, 6) is 0. The molecule has 0 aliphatic carbocycles. The minimum absolute atomic E-state index is 0.105. The summed E-state index contributed by atoms with van der Waals surface area (Å²) in [4.78, 5) is 4.87. The molecule has 0 spiro atoms. The summed E-state index contributed by atoms with van der Waals surface area (Å²) >= 11 is 0. The van der Waals surface area contributed by atoms with Gasteiger partial charge in [0, 0.05) is 51.4 Å². The molecule has 0 bridgehead atoms. The molecule has 0 amide bonds. The zero-order valence-electron chi connectivity index (χ0n) is 10.3. The predicted molar refractivity (Wildman–Crippen MR) is 63.5 cm³/mol. The maximum absolute atomic E-state index is 9.63. The van der Waals surface area contributed by atoms with Gasteiger partial charge in [0.25, 0.3) is 0 Å². The topological polar surface area (TPSA) is 35.9 Å². The maximum atomic E-state index is 9.63. The van der Waals surface area contributed by atoms with Gasteiger partial charge in [-0.15, -0.1) is 0 Å². The van der Waals surface area contributed by atoms with Gasteiger partial charge in [-0.1, -0.05) is 0 Å². The molecule has 0 aromatic rings. The van der Waals surface area contributed by atoms with Crippen LogP contribution in [0.4, 0.5) is 0 Å². The van der Waals surface area contributed by atoms with Gasteiger partial charge in [0.2, 0.25) is 0 Å². The van der Waals surface area contributed by atoms with E-state index in [9.17, 15) is 5.11 Å². The minimum Gasteiger partial charge on any atom is -0.396 e. The molecule has 4 heteroatoms. The highest BCUT2D eigenvalue weighted by Gasteiger charge is 2.34.